The minimum Gasteiger partial charge on any atom is -0.469 e. The molecular weight excluding hydrogens is 212 g/mol. The Balaban J connectivity index is 0.00000144. The second-order valence-electron chi connectivity index (χ2n) is 4.56. The largest absolute Gasteiger partial charge is 0.469 e. The first-order valence-electron chi connectivity index (χ1n) is 5.89. The van der Waals surface area contributed by atoms with E-state index in [4.69, 9.17) is 4.74 Å². The number of hydrogen-bond acceptors (Lipinski definition) is 2. The van der Waals surface area contributed by atoms with Crippen molar-refractivity contribution in [2.45, 2.75) is 46.0 Å². The quantitative estimate of drug-likeness (QED) is 0.748. The van der Waals surface area contributed by atoms with Crippen molar-refractivity contribution in [3.05, 3.63) is 34.9 Å². The second kappa shape index (κ2) is 5.85. The van der Waals surface area contributed by atoms with Crippen molar-refractivity contribution in [3.63, 3.8) is 0 Å². The van der Waals surface area contributed by atoms with Crippen LogP contribution in [-0.4, -0.2) is 13.1 Å². The molecule has 94 valence electrons. The van der Waals surface area contributed by atoms with Crippen LogP contribution in [0.25, 0.3) is 0 Å². The molecule has 2 nitrogen and oxygen atoms in total. The molecule has 1 unspecified atom stereocenters. The minimum absolute atomic E-state index is 0. The maximum absolute atomic E-state index is 11.2. The Morgan fingerprint density at radius 2 is 2.06 bits per heavy atom. The molecule has 0 saturated heterocycles. The van der Waals surface area contributed by atoms with Crippen LogP contribution in [0.3, 0.4) is 0 Å². The molecule has 0 bridgehead atoms. The van der Waals surface area contributed by atoms with E-state index in [0.29, 0.717) is 6.42 Å². The van der Waals surface area contributed by atoms with Crippen LogP contribution in [0.5, 0.6) is 0 Å². The van der Waals surface area contributed by atoms with E-state index in [1.54, 1.807) is 0 Å². The molecule has 0 saturated carbocycles. The lowest BCUT2D eigenvalue weighted by atomic mass is 9.95. The average Bonchev–Trinajstić information content (AvgIpc) is 2.75. The third-order valence-electron chi connectivity index (χ3n) is 3.39. The van der Waals surface area contributed by atoms with E-state index in [0.717, 1.165) is 0 Å². The fraction of sp³-hybridized carbons (Fsp3) is 0.533. The fourth-order valence-electron chi connectivity index (χ4n) is 2.35. The molecule has 1 aliphatic carbocycles. The first-order chi connectivity index (χ1) is 7.70. The van der Waals surface area contributed by atoms with Gasteiger partial charge in [-0.05, 0) is 41.9 Å². The molecule has 0 fully saturated rings. The lowest BCUT2D eigenvalue weighted by Crippen LogP contribution is -2.06. The topological polar surface area (TPSA) is 26.3 Å². The van der Waals surface area contributed by atoms with Crippen molar-refractivity contribution >= 4 is 5.97 Å². The Bertz CT molecular complexity index is 396. The van der Waals surface area contributed by atoms with Gasteiger partial charge in [-0.2, -0.15) is 0 Å². The van der Waals surface area contributed by atoms with E-state index in [1.807, 2.05) is 0 Å². The van der Waals surface area contributed by atoms with Gasteiger partial charge >= 0.3 is 5.97 Å². The summed E-state index contributed by atoms with van der Waals surface area (Å²) in [6.07, 6.45) is 4.13. The van der Waals surface area contributed by atoms with Crippen LogP contribution in [0.2, 0.25) is 0 Å². The Kier molecular flexibility index (Phi) is 4.73. The summed E-state index contributed by atoms with van der Waals surface area (Å²) in [5.41, 5.74) is 4.20. The average molecular weight is 234 g/mol. The van der Waals surface area contributed by atoms with Crippen molar-refractivity contribution in [1.82, 2.24) is 0 Å². The number of esters is 1. The summed E-state index contributed by atoms with van der Waals surface area (Å²) in [6.45, 7) is 2.08. The lowest BCUT2D eigenvalue weighted by molar-refractivity contribution is -0.140. The van der Waals surface area contributed by atoms with Gasteiger partial charge in [0.15, 0.2) is 0 Å². The molecule has 1 aromatic rings. The first kappa shape index (κ1) is 13.8. The molecule has 0 N–H and O–H groups in total. The van der Waals surface area contributed by atoms with Gasteiger partial charge in [-0.1, -0.05) is 32.5 Å². The molecule has 17 heavy (non-hydrogen) atoms. The van der Waals surface area contributed by atoms with Gasteiger partial charge in [0.25, 0.3) is 0 Å². The zero-order chi connectivity index (χ0) is 11.5. The van der Waals surface area contributed by atoms with Crippen molar-refractivity contribution in [1.29, 1.82) is 0 Å². The van der Waals surface area contributed by atoms with Crippen LogP contribution < -0.4 is 0 Å². The predicted octanol–water partition coefficient (Wildman–Crippen LogP) is 3.48. The highest BCUT2D eigenvalue weighted by Crippen LogP contribution is 2.27. The summed E-state index contributed by atoms with van der Waals surface area (Å²) < 4.78 is 4.70. The molecule has 0 spiro atoms. The molecule has 0 amide bonds. The van der Waals surface area contributed by atoms with Gasteiger partial charge < -0.3 is 4.74 Å². The molecule has 0 heterocycles. The first-order valence-corrected chi connectivity index (χ1v) is 5.89. The number of rotatable bonds is 3. The van der Waals surface area contributed by atoms with Crippen molar-refractivity contribution in [3.8, 4) is 0 Å². The van der Waals surface area contributed by atoms with E-state index >= 15 is 0 Å². The number of methoxy groups -OCH3 is 1. The Morgan fingerprint density at radius 1 is 1.35 bits per heavy atom. The van der Waals surface area contributed by atoms with Gasteiger partial charge in [0.2, 0.25) is 0 Å². The highest BCUT2D eigenvalue weighted by molar-refractivity contribution is 5.70. The zero-order valence-corrected chi connectivity index (χ0v) is 9.95. The number of benzene rings is 1. The van der Waals surface area contributed by atoms with Gasteiger partial charge in [0.05, 0.1) is 13.5 Å². The van der Waals surface area contributed by atoms with Gasteiger partial charge in [0.1, 0.15) is 0 Å². The molecule has 1 aliphatic rings. The summed E-state index contributed by atoms with van der Waals surface area (Å²) in [7, 11) is 1.44. The molecular formula is C15H22O2. The van der Waals surface area contributed by atoms with E-state index in [-0.39, 0.29) is 19.3 Å². The monoisotopic (exact) mass is 234 g/mol. The minimum atomic E-state index is -0.131. The van der Waals surface area contributed by atoms with E-state index in [9.17, 15) is 4.79 Å². The summed E-state index contributed by atoms with van der Waals surface area (Å²) in [4.78, 5) is 11.2. The number of ether oxygens (including phenoxy) is 1. The molecule has 2 rings (SSSR count). The Labute approximate surface area is 104 Å². The van der Waals surface area contributed by atoms with E-state index in [1.165, 1.54) is 43.1 Å². The third kappa shape index (κ3) is 3.09. The van der Waals surface area contributed by atoms with Crippen LogP contribution in [0.1, 0.15) is 49.8 Å². The van der Waals surface area contributed by atoms with Gasteiger partial charge in [-0.3, -0.25) is 4.79 Å². The highest BCUT2D eigenvalue weighted by Gasteiger charge is 2.15. The Hall–Kier alpha value is -1.31. The predicted molar refractivity (Wildman–Crippen MR) is 70.2 cm³/mol. The van der Waals surface area contributed by atoms with Crippen LogP contribution >= 0.6 is 0 Å². The molecule has 0 radical (unpaired) electrons. The van der Waals surface area contributed by atoms with Crippen LogP contribution in [-0.2, 0) is 22.4 Å². The Morgan fingerprint density at radius 3 is 2.76 bits per heavy atom. The molecule has 0 aromatic heterocycles. The van der Waals surface area contributed by atoms with Crippen molar-refractivity contribution in [2.24, 2.45) is 0 Å². The number of aryl methyl sites for hydroxylation is 2. The van der Waals surface area contributed by atoms with Crippen LogP contribution in [0.4, 0.5) is 0 Å². The molecule has 1 atom stereocenters. The number of carbonyl (C=O) groups excluding carboxylic acids is 1. The molecule has 1 aromatic carbocycles. The summed E-state index contributed by atoms with van der Waals surface area (Å²) in [5, 5.41) is 0. The standard InChI is InChI=1S/C14H18O2.CH4/c1-10(8-14(15)16-2)12-7-6-11-4-3-5-13(11)9-12;/h6-7,9-10H,3-5,8H2,1-2H3;1H4. The van der Waals surface area contributed by atoms with Crippen LogP contribution in [0.15, 0.2) is 18.2 Å². The van der Waals surface area contributed by atoms with Crippen molar-refractivity contribution in [2.75, 3.05) is 7.11 Å². The zero-order valence-electron chi connectivity index (χ0n) is 9.95. The summed E-state index contributed by atoms with van der Waals surface area (Å²) in [5.74, 6) is 0.117. The van der Waals surface area contributed by atoms with E-state index < -0.39 is 0 Å². The smallest absolute Gasteiger partial charge is 0.306 e. The van der Waals surface area contributed by atoms with Gasteiger partial charge in [-0.15, -0.1) is 0 Å². The van der Waals surface area contributed by atoms with Crippen molar-refractivity contribution < 1.29 is 9.53 Å². The number of hydrogen-bond donors (Lipinski definition) is 0. The summed E-state index contributed by atoms with van der Waals surface area (Å²) >= 11 is 0. The molecule has 0 aliphatic heterocycles. The fourth-order valence-corrected chi connectivity index (χ4v) is 2.35. The maximum Gasteiger partial charge on any atom is 0.306 e. The van der Waals surface area contributed by atoms with Crippen LogP contribution in [0, 0.1) is 0 Å². The SMILES string of the molecule is C.COC(=O)CC(C)c1ccc2c(c1)CCC2. The van der Waals surface area contributed by atoms with Gasteiger partial charge in [-0.25, -0.2) is 0 Å². The maximum atomic E-state index is 11.2. The third-order valence-corrected chi connectivity index (χ3v) is 3.39. The van der Waals surface area contributed by atoms with E-state index in [2.05, 4.69) is 25.1 Å². The highest BCUT2D eigenvalue weighted by atomic mass is 16.5. The molecule has 2 heteroatoms. The number of carbonyl (C=O) groups is 1. The summed E-state index contributed by atoms with van der Waals surface area (Å²) in [6, 6.07) is 6.62. The second-order valence-corrected chi connectivity index (χ2v) is 4.56. The number of fused-ring (bicyclic) bond motifs is 1. The van der Waals surface area contributed by atoms with Gasteiger partial charge in [0, 0.05) is 0 Å². The normalized spacial score (nSPS) is 14.7. The lowest BCUT2D eigenvalue weighted by Gasteiger charge is -2.12.